The summed E-state index contributed by atoms with van der Waals surface area (Å²) in [7, 11) is 1.52. The lowest BCUT2D eigenvalue weighted by Gasteiger charge is -2.47. The van der Waals surface area contributed by atoms with Crippen molar-refractivity contribution in [1.29, 1.82) is 5.26 Å². The standard InChI is InChI=1S/C25H27FN8O/c1-15-14-33(21-12-22(35)31(4)24-23(21)34(10-7-27)30-25(24)26)16(2)13-32(15)17(3)18-5-6-19-20(11-18)29-9-8-28-19/h5-6,8-9,11-12,15-17H,10,13-14H2,1-4H3/t15-,16+,17+/m1/s1. The van der Waals surface area contributed by atoms with Gasteiger partial charge in [0.05, 0.1) is 22.8 Å². The highest BCUT2D eigenvalue weighted by molar-refractivity contribution is 5.89. The number of nitrogens with zero attached hydrogens (tertiary/aromatic N) is 8. The minimum atomic E-state index is -0.746. The Labute approximate surface area is 202 Å². The summed E-state index contributed by atoms with van der Waals surface area (Å²) in [5.74, 6) is -0.746. The van der Waals surface area contributed by atoms with Crippen LogP contribution in [-0.2, 0) is 13.6 Å². The van der Waals surface area contributed by atoms with Crippen molar-refractivity contribution in [2.45, 2.75) is 45.4 Å². The summed E-state index contributed by atoms with van der Waals surface area (Å²) in [5, 5.41) is 13.2. The van der Waals surface area contributed by atoms with Crippen molar-refractivity contribution in [3.05, 3.63) is 58.5 Å². The predicted molar refractivity (Wildman–Crippen MR) is 131 cm³/mol. The van der Waals surface area contributed by atoms with Gasteiger partial charge in [0.2, 0.25) is 0 Å². The number of anilines is 1. The van der Waals surface area contributed by atoms with Gasteiger partial charge in [-0.25, -0.2) is 4.68 Å². The summed E-state index contributed by atoms with van der Waals surface area (Å²) in [6.45, 7) is 7.72. The van der Waals surface area contributed by atoms with E-state index in [-0.39, 0.29) is 35.7 Å². The second kappa shape index (κ2) is 8.74. The first kappa shape index (κ1) is 22.9. The van der Waals surface area contributed by atoms with E-state index in [1.54, 1.807) is 12.4 Å². The van der Waals surface area contributed by atoms with Gasteiger partial charge in [-0.1, -0.05) is 6.07 Å². The molecule has 9 nitrogen and oxygen atoms in total. The van der Waals surface area contributed by atoms with Crippen molar-refractivity contribution in [3.63, 3.8) is 0 Å². The summed E-state index contributed by atoms with van der Waals surface area (Å²) in [4.78, 5) is 26.1. The van der Waals surface area contributed by atoms with Crippen LogP contribution in [0.15, 0.2) is 41.5 Å². The number of nitriles is 1. The number of aromatic nitrogens is 5. The first-order valence-corrected chi connectivity index (χ1v) is 11.7. The van der Waals surface area contributed by atoms with E-state index in [9.17, 15) is 14.4 Å². The number of pyridine rings is 1. The summed E-state index contributed by atoms with van der Waals surface area (Å²) < 4.78 is 17.3. The molecule has 35 heavy (non-hydrogen) atoms. The zero-order valence-electron chi connectivity index (χ0n) is 20.2. The average Bonchev–Trinajstić information content (AvgIpc) is 3.18. The number of rotatable bonds is 4. The van der Waals surface area contributed by atoms with Gasteiger partial charge in [-0.15, -0.1) is 5.10 Å². The van der Waals surface area contributed by atoms with E-state index in [2.05, 4.69) is 57.8 Å². The summed E-state index contributed by atoms with van der Waals surface area (Å²) in [5.41, 5.74) is 3.79. The molecule has 5 rings (SSSR count). The van der Waals surface area contributed by atoms with E-state index < -0.39 is 5.95 Å². The second-order valence-corrected chi connectivity index (χ2v) is 9.26. The van der Waals surface area contributed by atoms with Crippen molar-refractivity contribution >= 4 is 27.8 Å². The van der Waals surface area contributed by atoms with Crippen LogP contribution in [0.5, 0.6) is 0 Å². The number of fused-ring (bicyclic) bond motifs is 2. The average molecular weight is 475 g/mol. The molecule has 180 valence electrons. The number of halogens is 1. The SMILES string of the molecule is C[C@@H]1CN(c2cc(=O)n(C)c3c(F)nn(CC#N)c23)[C@@H](C)CN1[C@@H](C)c1ccc2nccnc2c1. The monoisotopic (exact) mass is 474 g/mol. The van der Waals surface area contributed by atoms with Gasteiger partial charge in [-0.2, -0.15) is 9.65 Å². The van der Waals surface area contributed by atoms with Crippen LogP contribution in [0, 0.1) is 17.3 Å². The highest BCUT2D eigenvalue weighted by atomic mass is 19.1. The fraction of sp³-hybridized carbons (Fsp3) is 0.400. The van der Waals surface area contributed by atoms with Gasteiger partial charge in [0.25, 0.3) is 11.5 Å². The molecule has 0 radical (unpaired) electrons. The molecule has 0 unspecified atom stereocenters. The molecular weight excluding hydrogens is 447 g/mol. The van der Waals surface area contributed by atoms with Gasteiger partial charge in [-0.05, 0) is 38.5 Å². The highest BCUT2D eigenvalue weighted by Crippen LogP contribution is 2.34. The molecule has 0 spiro atoms. The van der Waals surface area contributed by atoms with E-state index in [0.717, 1.165) is 23.1 Å². The van der Waals surface area contributed by atoms with E-state index in [1.165, 1.54) is 22.4 Å². The van der Waals surface area contributed by atoms with Crippen molar-refractivity contribution in [1.82, 2.24) is 29.2 Å². The minimum absolute atomic E-state index is 0.0395. The Morgan fingerprint density at radius 1 is 1.11 bits per heavy atom. The maximum atomic E-state index is 14.7. The Balaban J connectivity index is 1.49. The Hall–Kier alpha value is -3.84. The lowest BCUT2D eigenvalue weighted by molar-refractivity contribution is 0.119. The lowest BCUT2D eigenvalue weighted by atomic mass is 9.99. The molecule has 3 aromatic heterocycles. The van der Waals surface area contributed by atoms with Gasteiger partial charge in [0.15, 0.2) is 0 Å². The first-order chi connectivity index (χ1) is 16.8. The quantitative estimate of drug-likeness (QED) is 0.449. The maximum Gasteiger partial charge on any atom is 0.257 e. The van der Waals surface area contributed by atoms with Crippen LogP contribution in [0.3, 0.4) is 0 Å². The third-order valence-corrected chi connectivity index (χ3v) is 7.09. The van der Waals surface area contributed by atoms with Crippen molar-refractivity contribution < 1.29 is 4.39 Å². The maximum absolute atomic E-state index is 14.7. The second-order valence-electron chi connectivity index (χ2n) is 9.26. The molecule has 0 bridgehead atoms. The van der Waals surface area contributed by atoms with Gasteiger partial charge >= 0.3 is 0 Å². The molecule has 4 aromatic rings. The van der Waals surface area contributed by atoms with Crippen molar-refractivity contribution in [2.24, 2.45) is 7.05 Å². The van der Waals surface area contributed by atoms with Crippen LogP contribution in [0.2, 0.25) is 0 Å². The fourth-order valence-electron chi connectivity index (χ4n) is 5.23. The number of hydrogen-bond donors (Lipinski definition) is 0. The number of piperazine rings is 1. The van der Waals surface area contributed by atoms with Crippen LogP contribution >= 0.6 is 0 Å². The molecule has 0 saturated carbocycles. The van der Waals surface area contributed by atoms with E-state index >= 15 is 0 Å². The summed E-state index contributed by atoms with van der Waals surface area (Å²) in [6.07, 6.45) is 3.39. The van der Waals surface area contributed by atoms with Crippen LogP contribution in [0.1, 0.15) is 32.4 Å². The van der Waals surface area contributed by atoms with E-state index in [0.29, 0.717) is 17.7 Å². The molecule has 3 atom stereocenters. The van der Waals surface area contributed by atoms with Crippen LogP contribution < -0.4 is 10.5 Å². The molecule has 0 amide bonds. The van der Waals surface area contributed by atoms with Crippen LogP contribution in [-0.4, -0.2) is 54.4 Å². The Morgan fingerprint density at radius 2 is 1.86 bits per heavy atom. The highest BCUT2D eigenvalue weighted by Gasteiger charge is 2.34. The molecule has 0 N–H and O–H groups in total. The number of aryl methyl sites for hydroxylation is 1. The lowest BCUT2D eigenvalue weighted by Crippen LogP contribution is -2.57. The minimum Gasteiger partial charge on any atom is -0.364 e. The Bertz CT molecular complexity index is 1520. The Morgan fingerprint density at radius 3 is 2.60 bits per heavy atom. The van der Waals surface area contributed by atoms with Crippen LogP contribution in [0.25, 0.3) is 22.1 Å². The van der Waals surface area contributed by atoms with E-state index in [1.807, 2.05) is 12.1 Å². The normalized spacial score (nSPS) is 19.8. The molecule has 1 aliphatic heterocycles. The molecule has 1 aromatic carbocycles. The topological polar surface area (TPSA) is 95.9 Å². The largest absolute Gasteiger partial charge is 0.364 e. The zero-order valence-corrected chi connectivity index (χ0v) is 20.2. The van der Waals surface area contributed by atoms with E-state index in [4.69, 9.17) is 0 Å². The van der Waals surface area contributed by atoms with Crippen molar-refractivity contribution in [2.75, 3.05) is 18.0 Å². The Kier molecular flexibility index (Phi) is 5.73. The molecule has 0 aliphatic carbocycles. The molecule has 1 aliphatic rings. The van der Waals surface area contributed by atoms with Gasteiger partial charge in [-0.3, -0.25) is 19.7 Å². The van der Waals surface area contributed by atoms with Gasteiger partial charge < -0.3 is 9.47 Å². The van der Waals surface area contributed by atoms with Gasteiger partial charge in [0.1, 0.15) is 17.6 Å². The zero-order chi connectivity index (χ0) is 24.9. The third-order valence-electron chi connectivity index (χ3n) is 7.09. The summed E-state index contributed by atoms with van der Waals surface area (Å²) in [6, 6.07) is 10.1. The molecule has 1 fully saturated rings. The molecular formula is C25H27FN8O. The summed E-state index contributed by atoms with van der Waals surface area (Å²) >= 11 is 0. The smallest absolute Gasteiger partial charge is 0.257 e. The third kappa shape index (κ3) is 3.82. The molecule has 10 heteroatoms. The number of hydrogen-bond acceptors (Lipinski definition) is 7. The fourth-order valence-corrected chi connectivity index (χ4v) is 5.23. The van der Waals surface area contributed by atoms with Crippen molar-refractivity contribution in [3.8, 4) is 6.07 Å². The predicted octanol–water partition coefficient (Wildman–Crippen LogP) is 3.00. The first-order valence-electron chi connectivity index (χ1n) is 11.7. The molecule has 4 heterocycles. The number of benzene rings is 1. The van der Waals surface area contributed by atoms with Gasteiger partial charge in [0, 0.05) is 56.7 Å². The molecule has 1 saturated heterocycles. The van der Waals surface area contributed by atoms with Crippen LogP contribution in [0.4, 0.5) is 10.1 Å².